The number of hydrogen-bond acceptors (Lipinski definition) is 4. The van der Waals surface area contributed by atoms with Gasteiger partial charge in [0.05, 0.1) is 5.60 Å². The van der Waals surface area contributed by atoms with E-state index in [9.17, 15) is 14.6 Å². The molecule has 168 valence electrons. The number of nitrogens with zero attached hydrogens (tertiary/aromatic N) is 1. The summed E-state index contributed by atoms with van der Waals surface area (Å²) in [7, 11) is 0. The van der Waals surface area contributed by atoms with E-state index in [0.29, 0.717) is 19.4 Å². The summed E-state index contributed by atoms with van der Waals surface area (Å²) >= 11 is 0. The second-order valence-electron chi connectivity index (χ2n) is 8.61. The summed E-state index contributed by atoms with van der Waals surface area (Å²) in [5.74, 6) is 0.524. The molecule has 0 bridgehead atoms. The quantitative estimate of drug-likeness (QED) is 0.558. The van der Waals surface area contributed by atoms with Crippen molar-refractivity contribution in [1.82, 2.24) is 4.90 Å². The van der Waals surface area contributed by atoms with Crippen molar-refractivity contribution < 1.29 is 19.3 Å². The van der Waals surface area contributed by atoms with Gasteiger partial charge >= 0.3 is 0 Å². The molecule has 0 aromatic heterocycles. The lowest BCUT2D eigenvalue weighted by molar-refractivity contribution is -0.0372. The van der Waals surface area contributed by atoms with Gasteiger partial charge in [0.2, 0.25) is 0 Å². The van der Waals surface area contributed by atoms with E-state index in [1.807, 2.05) is 54.6 Å². The maximum atomic E-state index is 13.1. The van der Waals surface area contributed by atoms with Crippen molar-refractivity contribution in [3.63, 3.8) is 0 Å². The van der Waals surface area contributed by atoms with Crippen LogP contribution in [0.4, 0.5) is 4.39 Å². The molecule has 0 unspecified atom stereocenters. The Hall–Kier alpha value is -2.73. The SMILES string of the molecule is O[C@@H](COc1ccccc1)CN1CCC(O)(c2ccc(Cc3ccc(F)cc3)cc2)CC1. The Kier molecular flexibility index (Phi) is 7.20. The minimum atomic E-state index is -0.851. The Labute approximate surface area is 188 Å². The van der Waals surface area contributed by atoms with E-state index in [4.69, 9.17) is 4.74 Å². The van der Waals surface area contributed by atoms with Crippen LogP contribution in [0.5, 0.6) is 5.75 Å². The number of aliphatic hydroxyl groups is 2. The second-order valence-corrected chi connectivity index (χ2v) is 8.61. The summed E-state index contributed by atoms with van der Waals surface area (Å²) in [6.07, 6.45) is 1.40. The molecule has 5 heteroatoms. The van der Waals surface area contributed by atoms with Crippen molar-refractivity contribution in [3.05, 3.63) is 101 Å². The summed E-state index contributed by atoms with van der Waals surface area (Å²) in [6, 6.07) is 24.1. The summed E-state index contributed by atoms with van der Waals surface area (Å²) < 4.78 is 18.7. The van der Waals surface area contributed by atoms with Crippen molar-refractivity contribution in [1.29, 1.82) is 0 Å². The zero-order valence-electron chi connectivity index (χ0n) is 18.2. The van der Waals surface area contributed by atoms with Gasteiger partial charge in [-0.15, -0.1) is 0 Å². The molecular weight excluding hydrogens is 405 g/mol. The average Bonchev–Trinajstić information content (AvgIpc) is 2.82. The van der Waals surface area contributed by atoms with Gasteiger partial charge < -0.3 is 19.8 Å². The maximum Gasteiger partial charge on any atom is 0.123 e. The summed E-state index contributed by atoms with van der Waals surface area (Å²) in [4.78, 5) is 2.18. The normalized spacial score (nSPS) is 17.1. The maximum absolute atomic E-state index is 13.1. The Morgan fingerprint density at radius 3 is 2.09 bits per heavy atom. The van der Waals surface area contributed by atoms with Gasteiger partial charge in [-0.25, -0.2) is 4.39 Å². The van der Waals surface area contributed by atoms with Crippen LogP contribution in [0.3, 0.4) is 0 Å². The van der Waals surface area contributed by atoms with Crippen LogP contribution in [0.15, 0.2) is 78.9 Å². The lowest BCUT2D eigenvalue weighted by Gasteiger charge is -2.39. The zero-order valence-corrected chi connectivity index (χ0v) is 18.2. The van der Waals surface area contributed by atoms with E-state index < -0.39 is 11.7 Å². The van der Waals surface area contributed by atoms with Gasteiger partial charge in [0.1, 0.15) is 24.3 Å². The number of ether oxygens (including phenoxy) is 1. The van der Waals surface area contributed by atoms with Gasteiger partial charge in [0.25, 0.3) is 0 Å². The molecule has 1 saturated heterocycles. The van der Waals surface area contributed by atoms with E-state index in [2.05, 4.69) is 4.90 Å². The third-order valence-corrected chi connectivity index (χ3v) is 6.15. The molecule has 0 spiro atoms. The number of para-hydroxylation sites is 1. The monoisotopic (exact) mass is 435 g/mol. The Bertz CT molecular complexity index is 968. The molecule has 1 atom stereocenters. The van der Waals surface area contributed by atoms with E-state index in [0.717, 1.165) is 42.0 Å². The molecule has 1 aliphatic heterocycles. The first-order valence-electron chi connectivity index (χ1n) is 11.1. The van der Waals surface area contributed by atoms with Gasteiger partial charge in [-0.1, -0.05) is 54.6 Å². The van der Waals surface area contributed by atoms with Gasteiger partial charge in [0, 0.05) is 19.6 Å². The highest BCUT2D eigenvalue weighted by molar-refractivity contribution is 5.31. The molecule has 0 radical (unpaired) electrons. The molecule has 2 N–H and O–H groups in total. The van der Waals surface area contributed by atoms with E-state index in [1.54, 1.807) is 12.1 Å². The molecule has 32 heavy (non-hydrogen) atoms. The number of likely N-dealkylation sites (tertiary alicyclic amines) is 1. The second kappa shape index (κ2) is 10.3. The first-order valence-corrected chi connectivity index (χ1v) is 11.1. The Balaban J connectivity index is 1.26. The van der Waals surface area contributed by atoms with Gasteiger partial charge in [-0.05, 0) is 60.2 Å². The van der Waals surface area contributed by atoms with Crippen LogP contribution in [0.1, 0.15) is 29.5 Å². The van der Waals surface area contributed by atoms with Gasteiger partial charge in [-0.3, -0.25) is 0 Å². The van der Waals surface area contributed by atoms with Crippen molar-refractivity contribution in [2.24, 2.45) is 0 Å². The molecule has 1 fully saturated rings. The number of benzene rings is 3. The standard InChI is InChI=1S/C27H30FNO3/c28-24-12-8-22(9-13-24)18-21-6-10-23(11-7-21)27(31)14-16-29(17-15-27)19-25(30)20-32-26-4-2-1-3-5-26/h1-13,25,30-31H,14-20H2/t25-/m1/s1. The summed E-state index contributed by atoms with van der Waals surface area (Å²) in [6.45, 7) is 2.21. The number of hydrogen-bond donors (Lipinski definition) is 2. The topological polar surface area (TPSA) is 52.9 Å². The number of aliphatic hydroxyl groups excluding tert-OH is 1. The fourth-order valence-electron chi connectivity index (χ4n) is 4.22. The lowest BCUT2D eigenvalue weighted by atomic mass is 9.84. The first kappa shape index (κ1) is 22.5. The van der Waals surface area contributed by atoms with Crippen molar-refractivity contribution in [2.75, 3.05) is 26.2 Å². The predicted molar refractivity (Wildman–Crippen MR) is 123 cm³/mol. The van der Waals surface area contributed by atoms with E-state index >= 15 is 0 Å². The van der Waals surface area contributed by atoms with Gasteiger partial charge in [0.15, 0.2) is 0 Å². The van der Waals surface area contributed by atoms with Crippen LogP contribution in [-0.2, 0) is 12.0 Å². The fourth-order valence-corrected chi connectivity index (χ4v) is 4.22. The number of halogens is 1. The lowest BCUT2D eigenvalue weighted by Crippen LogP contribution is -2.46. The van der Waals surface area contributed by atoms with Crippen LogP contribution in [0, 0.1) is 5.82 Å². The minimum Gasteiger partial charge on any atom is -0.491 e. The molecule has 1 aliphatic rings. The van der Waals surface area contributed by atoms with Crippen LogP contribution in [0.25, 0.3) is 0 Å². The molecule has 0 aliphatic carbocycles. The van der Waals surface area contributed by atoms with Crippen LogP contribution in [-0.4, -0.2) is 47.5 Å². The largest absolute Gasteiger partial charge is 0.491 e. The predicted octanol–water partition coefficient (Wildman–Crippen LogP) is 4.14. The molecule has 0 amide bonds. The summed E-state index contributed by atoms with van der Waals surface area (Å²) in [5, 5.41) is 21.5. The Morgan fingerprint density at radius 2 is 1.47 bits per heavy atom. The van der Waals surface area contributed by atoms with E-state index in [-0.39, 0.29) is 12.4 Å². The minimum absolute atomic E-state index is 0.228. The molecule has 0 saturated carbocycles. The highest BCUT2D eigenvalue weighted by Crippen LogP contribution is 2.33. The average molecular weight is 436 g/mol. The fraction of sp³-hybridized carbons (Fsp3) is 0.333. The molecule has 4 nitrogen and oxygen atoms in total. The number of piperidine rings is 1. The highest BCUT2D eigenvalue weighted by Gasteiger charge is 2.34. The molecule has 4 rings (SSSR count). The van der Waals surface area contributed by atoms with Crippen LogP contribution >= 0.6 is 0 Å². The van der Waals surface area contributed by atoms with Gasteiger partial charge in [-0.2, -0.15) is 0 Å². The number of rotatable bonds is 8. The molecule has 3 aromatic carbocycles. The van der Waals surface area contributed by atoms with E-state index in [1.165, 1.54) is 12.1 Å². The smallest absolute Gasteiger partial charge is 0.123 e. The highest BCUT2D eigenvalue weighted by atomic mass is 19.1. The third-order valence-electron chi connectivity index (χ3n) is 6.15. The number of β-amino-alcohol motifs (C(OH)–C–C–N with tert-alkyl or cyclic N) is 1. The first-order chi connectivity index (χ1) is 15.5. The molecule has 3 aromatic rings. The van der Waals surface area contributed by atoms with Crippen LogP contribution in [0.2, 0.25) is 0 Å². The molecular formula is C27H30FNO3. The van der Waals surface area contributed by atoms with Crippen molar-refractivity contribution >= 4 is 0 Å². The van der Waals surface area contributed by atoms with Crippen LogP contribution < -0.4 is 4.74 Å². The molecule has 1 heterocycles. The van der Waals surface area contributed by atoms with Crippen molar-refractivity contribution in [3.8, 4) is 5.75 Å². The van der Waals surface area contributed by atoms with Crippen molar-refractivity contribution in [2.45, 2.75) is 31.0 Å². The Morgan fingerprint density at radius 1 is 0.875 bits per heavy atom. The third kappa shape index (κ3) is 5.94. The summed E-state index contributed by atoms with van der Waals surface area (Å²) in [5.41, 5.74) is 2.26. The zero-order chi connectivity index (χ0) is 22.4.